The third kappa shape index (κ3) is 3.88. The van der Waals surface area contributed by atoms with Crippen molar-refractivity contribution in [2.24, 2.45) is 19.1 Å². The summed E-state index contributed by atoms with van der Waals surface area (Å²) in [6.07, 6.45) is 6.33. The minimum atomic E-state index is 0.518. The summed E-state index contributed by atoms with van der Waals surface area (Å²) in [6, 6.07) is 0.548. The van der Waals surface area contributed by atoms with Crippen LogP contribution in [0.4, 0.5) is 0 Å². The number of hydrogen-bond donors (Lipinski definition) is 1. The Labute approximate surface area is 136 Å². The van der Waals surface area contributed by atoms with Gasteiger partial charge in [-0.3, -0.25) is 4.68 Å². The molecule has 2 aromatic rings. The molecule has 1 aliphatic carbocycles. The molecule has 1 fully saturated rings. The van der Waals surface area contributed by atoms with Crippen molar-refractivity contribution in [1.29, 1.82) is 0 Å². The molecule has 0 spiro atoms. The van der Waals surface area contributed by atoms with Crippen molar-refractivity contribution in [3.63, 3.8) is 0 Å². The van der Waals surface area contributed by atoms with E-state index in [2.05, 4.69) is 25.5 Å². The van der Waals surface area contributed by atoms with Gasteiger partial charge in [-0.05, 0) is 19.8 Å². The Kier molecular flexibility index (Phi) is 4.31. The van der Waals surface area contributed by atoms with Gasteiger partial charge >= 0.3 is 0 Å². The predicted molar refractivity (Wildman–Crippen MR) is 87.7 cm³/mol. The summed E-state index contributed by atoms with van der Waals surface area (Å²) in [5.74, 6) is 2.67. The van der Waals surface area contributed by atoms with E-state index in [0.29, 0.717) is 12.6 Å². The van der Waals surface area contributed by atoms with Gasteiger partial charge in [0.05, 0.1) is 6.20 Å². The molecule has 8 nitrogen and oxygen atoms in total. The fraction of sp³-hybridized carbons (Fsp3) is 0.600. The van der Waals surface area contributed by atoms with E-state index in [9.17, 15) is 0 Å². The lowest BCUT2D eigenvalue weighted by Gasteiger charge is -2.21. The first-order valence-electron chi connectivity index (χ1n) is 7.87. The van der Waals surface area contributed by atoms with Gasteiger partial charge in [-0.25, -0.2) is 4.99 Å². The molecular weight excluding hydrogens is 292 g/mol. The van der Waals surface area contributed by atoms with Gasteiger partial charge in [-0.2, -0.15) is 5.10 Å². The topological polar surface area (TPSA) is 76.2 Å². The van der Waals surface area contributed by atoms with Crippen LogP contribution in [0.25, 0.3) is 0 Å². The molecular formula is C15H24N8. The van der Waals surface area contributed by atoms with Crippen LogP contribution in [0.5, 0.6) is 0 Å². The number of nitrogens with zero attached hydrogens (tertiary/aromatic N) is 7. The smallest absolute Gasteiger partial charge is 0.194 e. The lowest BCUT2D eigenvalue weighted by molar-refractivity contribution is 0.473. The molecule has 1 N–H and O–H groups in total. The van der Waals surface area contributed by atoms with E-state index in [-0.39, 0.29) is 0 Å². The van der Waals surface area contributed by atoms with E-state index in [1.807, 2.05) is 49.7 Å². The molecule has 0 amide bonds. The second-order valence-corrected chi connectivity index (χ2v) is 6.16. The van der Waals surface area contributed by atoms with E-state index in [4.69, 9.17) is 4.99 Å². The Morgan fingerprint density at radius 1 is 1.39 bits per heavy atom. The molecule has 1 aliphatic rings. The Morgan fingerprint density at radius 2 is 2.17 bits per heavy atom. The maximum atomic E-state index is 4.73. The average molecular weight is 316 g/mol. The molecule has 0 aromatic carbocycles. The Hall–Kier alpha value is -2.38. The van der Waals surface area contributed by atoms with Crippen molar-refractivity contribution in [2.75, 3.05) is 7.05 Å². The van der Waals surface area contributed by atoms with Crippen LogP contribution in [-0.2, 0) is 27.2 Å². The van der Waals surface area contributed by atoms with Gasteiger partial charge in [-0.1, -0.05) is 0 Å². The molecule has 3 rings (SSSR count). The van der Waals surface area contributed by atoms with Crippen LogP contribution in [0.3, 0.4) is 0 Å². The summed E-state index contributed by atoms with van der Waals surface area (Å²) >= 11 is 0. The lowest BCUT2D eigenvalue weighted by atomic mass is 10.3. The maximum absolute atomic E-state index is 4.73. The minimum absolute atomic E-state index is 0.518. The standard InChI is InChI=1S/C15H24N8/c1-11-19-20-14(23(11)4)8-16-15(18-13-5-6-13)21(2)9-12-7-17-22(3)10-12/h7,10,13H,5-6,8-9H2,1-4H3,(H,16,18). The number of aliphatic imine (C=N–C) groups is 1. The first-order valence-corrected chi connectivity index (χ1v) is 7.87. The molecule has 2 heterocycles. The van der Waals surface area contributed by atoms with Gasteiger partial charge in [0.25, 0.3) is 0 Å². The lowest BCUT2D eigenvalue weighted by Crippen LogP contribution is -2.39. The summed E-state index contributed by atoms with van der Waals surface area (Å²) < 4.78 is 3.79. The number of guanidine groups is 1. The normalized spacial score (nSPS) is 15.0. The average Bonchev–Trinajstić information content (AvgIpc) is 3.17. The molecule has 8 heteroatoms. The number of hydrogen-bond acceptors (Lipinski definition) is 4. The molecule has 124 valence electrons. The second-order valence-electron chi connectivity index (χ2n) is 6.16. The van der Waals surface area contributed by atoms with Crippen molar-refractivity contribution < 1.29 is 0 Å². The number of aryl methyl sites for hydroxylation is 2. The molecule has 0 radical (unpaired) electrons. The maximum Gasteiger partial charge on any atom is 0.194 e. The van der Waals surface area contributed by atoms with Crippen LogP contribution >= 0.6 is 0 Å². The first-order chi connectivity index (χ1) is 11.0. The highest BCUT2D eigenvalue weighted by Gasteiger charge is 2.24. The van der Waals surface area contributed by atoms with Gasteiger partial charge in [0, 0.05) is 45.5 Å². The highest BCUT2D eigenvalue weighted by Crippen LogP contribution is 2.19. The summed E-state index contributed by atoms with van der Waals surface area (Å²) in [4.78, 5) is 6.86. The van der Waals surface area contributed by atoms with Crippen molar-refractivity contribution in [3.05, 3.63) is 29.6 Å². The molecule has 0 unspecified atom stereocenters. The van der Waals surface area contributed by atoms with Crippen LogP contribution in [0, 0.1) is 6.92 Å². The van der Waals surface area contributed by atoms with E-state index in [0.717, 1.165) is 29.7 Å². The van der Waals surface area contributed by atoms with Crippen molar-refractivity contribution in [3.8, 4) is 0 Å². The van der Waals surface area contributed by atoms with Crippen LogP contribution in [0.2, 0.25) is 0 Å². The monoisotopic (exact) mass is 316 g/mol. The zero-order valence-electron chi connectivity index (χ0n) is 14.2. The van der Waals surface area contributed by atoms with Gasteiger partial charge in [0.2, 0.25) is 0 Å². The van der Waals surface area contributed by atoms with Crippen molar-refractivity contribution >= 4 is 5.96 Å². The number of rotatable bonds is 5. The summed E-state index contributed by atoms with van der Waals surface area (Å²) in [7, 11) is 5.94. The van der Waals surface area contributed by atoms with Crippen LogP contribution in [0.1, 0.15) is 30.1 Å². The van der Waals surface area contributed by atoms with Gasteiger partial charge in [-0.15, -0.1) is 10.2 Å². The number of aromatic nitrogens is 5. The van der Waals surface area contributed by atoms with Crippen molar-refractivity contribution in [1.82, 2.24) is 34.8 Å². The fourth-order valence-corrected chi connectivity index (χ4v) is 2.32. The van der Waals surface area contributed by atoms with Crippen LogP contribution in [-0.4, -0.2) is 48.5 Å². The van der Waals surface area contributed by atoms with E-state index < -0.39 is 0 Å². The minimum Gasteiger partial charge on any atom is -0.353 e. The largest absolute Gasteiger partial charge is 0.353 e. The third-order valence-corrected chi connectivity index (χ3v) is 4.00. The highest BCUT2D eigenvalue weighted by atomic mass is 15.3. The molecule has 2 aromatic heterocycles. The molecule has 0 saturated heterocycles. The molecule has 1 saturated carbocycles. The van der Waals surface area contributed by atoms with E-state index in [1.165, 1.54) is 12.8 Å². The molecule has 0 atom stereocenters. The van der Waals surface area contributed by atoms with Crippen LogP contribution < -0.4 is 5.32 Å². The van der Waals surface area contributed by atoms with E-state index in [1.54, 1.807) is 0 Å². The molecule has 23 heavy (non-hydrogen) atoms. The first kappa shape index (κ1) is 15.5. The third-order valence-electron chi connectivity index (χ3n) is 4.00. The Bertz CT molecular complexity index is 694. The summed E-state index contributed by atoms with van der Waals surface area (Å²) in [6.45, 7) is 3.23. The summed E-state index contributed by atoms with van der Waals surface area (Å²) in [5.41, 5.74) is 1.16. The molecule has 0 bridgehead atoms. The quantitative estimate of drug-likeness (QED) is 0.646. The Balaban J connectivity index is 1.70. The van der Waals surface area contributed by atoms with Gasteiger partial charge < -0.3 is 14.8 Å². The van der Waals surface area contributed by atoms with E-state index >= 15 is 0 Å². The predicted octanol–water partition coefficient (Wildman–Crippen LogP) is 0.597. The Morgan fingerprint density at radius 3 is 2.74 bits per heavy atom. The highest BCUT2D eigenvalue weighted by molar-refractivity contribution is 5.80. The van der Waals surface area contributed by atoms with Gasteiger partial charge in [0.1, 0.15) is 12.4 Å². The van der Waals surface area contributed by atoms with Crippen molar-refractivity contribution in [2.45, 2.75) is 38.9 Å². The van der Waals surface area contributed by atoms with Crippen LogP contribution in [0.15, 0.2) is 17.4 Å². The summed E-state index contributed by atoms with van der Waals surface area (Å²) in [5, 5.41) is 16.0. The number of nitrogens with one attached hydrogen (secondary N) is 1. The zero-order valence-corrected chi connectivity index (χ0v) is 14.2. The van der Waals surface area contributed by atoms with Gasteiger partial charge in [0.15, 0.2) is 11.8 Å². The zero-order chi connectivity index (χ0) is 16.4. The second kappa shape index (κ2) is 6.39. The molecule has 0 aliphatic heterocycles. The SMILES string of the molecule is Cc1nnc(CN=C(NC2CC2)N(C)Cc2cnn(C)c2)n1C. The fourth-order valence-electron chi connectivity index (χ4n) is 2.32.